The second-order valence-electron chi connectivity index (χ2n) is 3.16. The van der Waals surface area contributed by atoms with E-state index in [1.165, 1.54) is 12.5 Å². The van der Waals surface area contributed by atoms with Crippen molar-refractivity contribution in [2.24, 2.45) is 0 Å². The Kier molecular flexibility index (Phi) is 1.65. The summed E-state index contributed by atoms with van der Waals surface area (Å²) >= 11 is 0. The van der Waals surface area contributed by atoms with Crippen molar-refractivity contribution in [1.29, 1.82) is 0 Å². The van der Waals surface area contributed by atoms with E-state index in [1.54, 1.807) is 4.68 Å². The monoisotopic (exact) mass is 178 g/mol. The maximum Gasteiger partial charge on any atom is 0.275 e. The maximum atomic E-state index is 11.3. The normalized spacial score (nSPS) is 11.3. The molecule has 13 heavy (non-hydrogen) atoms. The summed E-state index contributed by atoms with van der Waals surface area (Å²) in [5, 5.41) is 3.25. The molecule has 2 aromatic heterocycles. The Morgan fingerprint density at radius 2 is 2.31 bits per heavy atom. The highest BCUT2D eigenvalue weighted by molar-refractivity contribution is 5.72. The van der Waals surface area contributed by atoms with Crippen LogP contribution in [0.15, 0.2) is 17.3 Å². The number of nitrogens with one attached hydrogen (secondary N) is 1. The van der Waals surface area contributed by atoms with Gasteiger partial charge in [0.1, 0.15) is 11.7 Å². The first kappa shape index (κ1) is 7.97. The molecule has 0 saturated carbocycles. The van der Waals surface area contributed by atoms with Crippen LogP contribution in [0.5, 0.6) is 0 Å². The van der Waals surface area contributed by atoms with Crippen LogP contribution in [0.25, 0.3) is 11.0 Å². The molecular weight excluding hydrogens is 168 g/mol. The Morgan fingerprint density at radius 3 is 3.00 bits per heavy atom. The van der Waals surface area contributed by atoms with Crippen LogP contribution in [0.2, 0.25) is 0 Å². The standard InChI is InChI=1S/C8H10N4O/c1-5(2)12-7-6(8(13)11-12)3-9-4-10-7/h3-5H,1-2H3,(H,11,13). The predicted octanol–water partition coefficient (Wildman–Crippen LogP) is 0.701. The number of hydrogen-bond acceptors (Lipinski definition) is 3. The molecule has 5 heteroatoms. The van der Waals surface area contributed by atoms with Crippen LogP contribution < -0.4 is 5.56 Å². The van der Waals surface area contributed by atoms with Gasteiger partial charge in [0, 0.05) is 12.2 Å². The van der Waals surface area contributed by atoms with Crippen LogP contribution in [0.3, 0.4) is 0 Å². The van der Waals surface area contributed by atoms with Crippen LogP contribution in [-0.4, -0.2) is 19.7 Å². The van der Waals surface area contributed by atoms with E-state index in [0.29, 0.717) is 11.0 Å². The molecule has 68 valence electrons. The lowest BCUT2D eigenvalue weighted by molar-refractivity contribution is 0.542. The molecule has 0 radical (unpaired) electrons. The van der Waals surface area contributed by atoms with Crippen molar-refractivity contribution in [3.63, 3.8) is 0 Å². The number of aromatic nitrogens is 4. The third-order valence-corrected chi connectivity index (χ3v) is 1.90. The summed E-state index contributed by atoms with van der Waals surface area (Å²) < 4.78 is 1.74. The first-order valence-electron chi connectivity index (χ1n) is 4.10. The molecular formula is C8H10N4O. The Morgan fingerprint density at radius 1 is 1.54 bits per heavy atom. The van der Waals surface area contributed by atoms with Crippen LogP contribution in [0.1, 0.15) is 19.9 Å². The molecule has 1 N–H and O–H groups in total. The molecule has 2 heterocycles. The summed E-state index contributed by atoms with van der Waals surface area (Å²) in [7, 11) is 0. The highest BCUT2D eigenvalue weighted by Gasteiger charge is 2.08. The van der Waals surface area contributed by atoms with Crippen LogP contribution in [0, 0.1) is 0 Å². The fourth-order valence-electron chi connectivity index (χ4n) is 1.27. The third kappa shape index (κ3) is 1.12. The number of hydrogen-bond donors (Lipinski definition) is 1. The van der Waals surface area contributed by atoms with Gasteiger partial charge in [0.25, 0.3) is 5.56 Å². The molecule has 0 aromatic carbocycles. The molecule has 0 aliphatic heterocycles. The van der Waals surface area contributed by atoms with Crippen molar-refractivity contribution >= 4 is 11.0 Å². The fourth-order valence-corrected chi connectivity index (χ4v) is 1.27. The Balaban J connectivity index is 2.86. The lowest BCUT2D eigenvalue weighted by atomic mass is 10.4. The van der Waals surface area contributed by atoms with Gasteiger partial charge in [0.05, 0.1) is 0 Å². The molecule has 5 nitrogen and oxygen atoms in total. The van der Waals surface area contributed by atoms with E-state index in [1.807, 2.05) is 13.8 Å². The van der Waals surface area contributed by atoms with Gasteiger partial charge < -0.3 is 0 Å². The van der Waals surface area contributed by atoms with E-state index in [2.05, 4.69) is 15.1 Å². The topological polar surface area (TPSA) is 63.6 Å². The van der Waals surface area contributed by atoms with Crippen molar-refractivity contribution < 1.29 is 0 Å². The zero-order valence-corrected chi connectivity index (χ0v) is 7.48. The SMILES string of the molecule is CC(C)n1[nH]c(=O)c2cncnc21. The minimum atomic E-state index is -0.135. The highest BCUT2D eigenvalue weighted by atomic mass is 16.1. The van der Waals surface area contributed by atoms with Crippen molar-refractivity contribution in [2.45, 2.75) is 19.9 Å². The molecule has 0 bridgehead atoms. The summed E-state index contributed by atoms with van der Waals surface area (Å²) in [4.78, 5) is 19.2. The summed E-state index contributed by atoms with van der Waals surface area (Å²) in [6.07, 6.45) is 2.97. The van der Waals surface area contributed by atoms with Gasteiger partial charge in [0.2, 0.25) is 0 Å². The van der Waals surface area contributed by atoms with Gasteiger partial charge in [-0.05, 0) is 13.8 Å². The first-order valence-corrected chi connectivity index (χ1v) is 4.10. The van der Waals surface area contributed by atoms with Crippen LogP contribution in [0.4, 0.5) is 0 Å². The van der Waals surface area contributed by atoms with Gasteiger partial charge in [0.15, 0.2) is 5.65 Å². The minimum absolute atomic E-state index is 0.135. The van der Waals surface area contributed by atoms with E-state index in [-0.39, 0.29) is 11.6 Å². The average Bonchev–Trinajstić information content (AvgIpc) is 2.45. The summed E-state index contributed by atoms with van der Waals surface area (Å²) in [6, 6.07) is 0.195. The second kappa shape index (κ2) is 2.69. The van der Waals surface area contributed by atoms with E-state index in [0.717, 1.165) is 0 Å². The van der Waals surface area contributed by atoms with Crippen LogP contribution >= 0.6 is 0 Å². The maximum absolute atomic E-state index is 11.3. The zero-order chi connectivity index (χ0) is 9.42. The van der Waals surface area contributed by atoms with Crippen molar-refractivity contribution in [1.82, 2.24) is 19.7 Å². The number of aromatic amines is 1. The van der Waals surface area contributed by atoms with Gasteiger partial charge in [-0.1, -0.05) is 0 Å². The quantitative estimate of drug-likeness (QED) is 0.699. The molecule has 0 saturated heterocycles. The fraction of sp³-hybridized carbons (Fsp3) is 0.375. The molecule has 0 atom stereocenters. The minimum Gasteiger partial charge on any atom is -0.267 e. The summed E-state index contributed by atoms with van der Waals surface area (Å²) in [5.74, 6) is 0. The lowest BCUT2D eigenvalue weighted by Crippen LogP contribution is -2.07. The number of nitrogens with zero attached hydrogens (tertiary/aromatic N) is 3. The molecule has 0 aliphatic rings. The van der Waals surface area contributed by atoms with Crippen molar-refractivity contribution in [3.8, 4) is 0 Å². The van der Waals surface area contributed by atoms with Gasteiger partial charge >= 0.3 is 0 Å². The third-order valence-electron chi connectivity index (χ3n) is 1.90. The molecule has 0 unspecified atom stereocenters. The van der Waals surface area contributed by atoms with Gasteiger partial charge in [-0.3, -0.25) is 14.6 Å². The molecule has 0 spiro atoms. The highest BCUT2D eigenvalue weighted by Crippen LogP contribution is 2.09. The second-order valence-corrected chi connectivity index (χ2v) is 3.16. The van der Waals surface area contributed by atoms with E-state index in [9.17, 15) is 4.79 Å². The molecule has 0 fully saturated rings. The molecule has 0 aliphatic carbocycles. The predicted molar refractivity (Wildman–Crippen MR) is 48.5 cm³/mol. The first-order chi connectivity index (χ1) is 6.20. The molecule has 0 amide bonds. The van der Waals surface area contributed by atoms with Crippen molar-refractivity contribution in [3.05, 3.63) is 22.9 Å². The molecule has 2 aromatic rings. The van der Waals surface area contributed by atoms with E-state index >= 15 is 0 Å². The van der Waals surface area contributed by atoms with Crippen LogP contribution in [-0.2, 0) is 0 Å². The lowest BCUT2D eigenvalue weighted by Gasteiger charge is -2.05. The Bertz CT molecular complexity index is 482. The van der Waals surface area contributed by atoms with E-state index in [4.69, 9.17) is 0 Å². The van der Waals surface area contributed by atoms with Gasteiger partial charge in [-0.2, -0.15) is 0 Å². The van der Waals surface area contributed by atoms with Gasteiger partial charge in [-0.15, -0.1) is 0 Å². The number of fused-ring (bicyclic) bond motifs is 1. The number of H-pyrrole nitrogens is 1. The van der Waals surface area contributed by atoms with Gasteiger partial charge in [-0.25, -0.2) is 9.97 Å². The zero-order valence-electron chi connectivity index (χ0n) is 7.48. The Labute approximate surface area is 74.4 Å². The molecule has 2 rings (SSSR count). The summed E-state index contributed by atoms with van der Waals surface area (Å²) in [5.41, 5.74) is 0.527. The Hall–Kier alpha value is -1.65. The smallest absolute Gasteiger partial charge is 0.267 e. The van der Waals surface area contributed by atoms with Crippen molar-refractivity contribution in [2.75, 3.05) is 0 Å². The van der Waals surface area contributed by atoms with E-state index < -0.39 is 0 Å². The summed E-state index contributed by atoms with van der Waals surface area (Å²) in [6.45, 7) is 3.97. The largest absolute Gasteiger partial charge is 0.275 e. The number of rotatable bonds is 1. The average molecular weight is 178 g/mol.